The summed E-state index contributed by atoms with van der Waals surface area (Å²) in [6, 6.07) is 0. The Kier molecular flexibility index (Phi) is 15.6. The van der Waals surface area contributed by atoms with Crippen LogP contribution in [0.15, 0.2) is 48.1 Å². The summed E-state index contributed by atoms with van der Waals surface area (Å²) < 4.78 is 6.14. The molecule has 0 heterocycles. The number of ether oxygens (including phenoxy) is 1. The van der Waals surface area contributed by atoms with E-state index < -0.39 is 0 Å². The number of rotatable bonds is 20. The van der Waals surface area contributed by atoms with Crippen molar-refractivity contribution in [2.75, 3.05) is 0 Å². The van der Waals surface area contributed by atoms with Crippen molar-refractivity contribution < 1.29 is 9.53 Å². The standard InChI is InChI=1S/C46H76O2/c1-8-9-10-11-12-13-14-15-16-17-18-19-20-21-22-23-44(47)48-39-30-32-45(6)38(34-39)26-27-40-42-29-28-41(46(42,7)33-31-43(40)45)37(5)25-24-36(4)35(2)3/h12-13,15-16,27,35,37-39,41-43H,4,8-11,14,17-26,28-34H2,1-3,5-7H3/b13-12-,16-15-/t37-,38+,39+,41-,42+,43+,45+,46-/m1/s1. The van der Waals surface area contributed by atoms with Gasteiger partial charge in [0.05, 0.1) is 0 Å². The van der Waals surface area contributed by atoms with Gasteiger partial charge in [-0.3, -0.25) is 4.79 Å². The average molecular weight is 661 g/mol. The van der Waals surface area contributed by atoms with E-state index in [0.717, 1.165) is 55.8 Å². The van der Waals surface area contributed by atoms with Crippen LogP contribution >= 0.6 is 0 Å². The first-order valence-corrected chi connectivity index (χ1v) is 21.0. The largest absolute Gasteiger partial charge is 0.462 e. The fourth-order valence-corrected chi connectivity index (χ4v) is 10.8. The van der Waals surface area contributed by atoms with E-state index in [2.05, 4.69) is 78.5 Å². The summed E-state index contributed by atoms with van der Waals surface area (Å²) in [5, 5.41) is 0. The molecule has 0 aromatic heterocycles. The first-order chi connectivity index (χ1) is 23.1. The SMILES string of the molecule is C=C(CC[C@@H](C)[C@H]1CC[C@H]2C3=CC[C@H]4C[C@@H](OC(=O)CCCCCCC/C=C\C/C=C\CCCCC)CC[C@]4(C)[C@H]3CC[C@]12C)C(C)C. The fraction of sp³-hybridized carbons (Fsp3) is 0.804. The molecule has 0 aliphatic heterocycles. The Bertz CT molecular complexity index is 1090. The zero-order valence-corrected chi connectivity index (χ0v) is 32.5. The Morgan fingerprint density at radius 2 is 1.52 bits per heavy atom. The van der Waals surface area contributed by atoms with Gasteiger partial charge in [0.25, 0.3) is 0 Å². The third-order valence-corrected chi connectivity index (χ3v) is 14.2. The van der Waals surface area contributed by atoms with Crippen LogP contribution < -0.4 is 0 Å². The Morgan fingerprint density at radius 1 is 0.854 bits per heavy atom. The quantitative estimate of drug-likeness (QED) is 0.0738. The van der Waals surface area contributed by atoms with Crippen LogP contribution in [0.2, 0.25) is 0 Å². The summed E-state index contributed by atoms with van der Waals surface area (Å²) in [5.74, 6) is 4.49. The Morgan fingerprint density at radius 3 is 2.25 bits per heavy atom. The third-order valence-electron chi connectivity index (χ3n) is 14.2. The zero-order valence-electron chi connectivity index (χ0n) is 32.5. The van der Waals surface area contributed by atoms with E-state index in [9.17, 15) is 4.79 Å². The molecule has 0 amide bonds. The van der Waals surface area contributed by atoms with E-state index in [1.54, 1.807) is 0 Å². The first kappa shape index (κ1) is 39.2. The van der Waals surface area contributed by atoms with E-state index in [0.29, 0.717) is 29.1 Å². The normalized spacial score (nSPS) is 32.2. The van der Waals surface area contributed by atoms with Gasteiger partial charge in [0, 0.05) is 6.42 Å². The molecule has 272 valence electrons. The summed E-state index contributed by atoms with van der Waals surface area (Å²) >= 11 is 0. The van der Waals surface area contributed by atoms with Crippen molar-refractivity contribution in [2.45, 2.75) is 189 Å². The minimum atomic E-state index is 0.0536. The van der Waals surface area contributed by atoms with Gasteiger partial charge in [-0.25, -0.2) is 0 Å². The lowest BCUT2D eigenvalue weighted by Gasteiger charge is -2.58. The molecule has 0 unspecified atom stereocenters. The highest BCUT2D eigenvalue weighted by Gasteiger charge is 2.58. The van der Waals surface area contributed by atoms with Crippen LogP contribution in [0.1, 0.15) is 183 Å². The highest BCUT2D eigenvalue weighted by atomic mass is 16.5. The molecule has 0 N–H and O–H groups in total. The number of hydrogen-bond acceptors (Lipinski definition) is 2. The molecule has 0 bridgehead atoms. The topological polar surface area (TPSA) is 26.3 Å². The third kappa shape index (κ3) is 10.2. The van der Waals surface area contributed by atoms with Gasteiger partial charge < -0.3 is 4.74 Å². The maximum atomic E-state index is 12.8. The van der Waals surface area contributed by atoms with Crippen LogP contribution in [-0.2, 0) is 9.53 Å². The minimum Gasteiger partial charge on any atom is -0.462 e. The van der Waals surface area contributed by atoms with E-state index in [1.807, 2.05) is 5.57 Å². The van der Waals surface area contributed by atoms with Crippen molar-refractivity contribution in [3.05, 3.63) is 48.1 Å². The maximum Gasteiger partial charge on any atom is 0.306 e. The molecule has 4 aliphatic rings. The first-order valence-electron chi connectivity index (χ1n) is 21.0. The molecule has 4 aliphatic carbocycles. The van der Waals surface area contributed by atoms with E-state index in [4.69, 9.17) is 4.74 Å². The zero-order chi connectivity index (χ0) is 34.6. The molecule has 0 saturated heterocycles. The van der Waals surface area contributed by atoms with Gasteiger partial charge in [-0.2, -0.15) is 0 Å². The number of carbonyl (C=O) groups is 1. The van der Waals surface area contributed by atoms with Crippen molar-refractivity contribution in [2.24, 2.45) is 46.3 Å². The molecule has 0 radical (unpaired) electrons. The van der Waals surface area contributed by atoms with Gasteiger partial charge in [0.1, 0.15) is 6.10 Å². The molecule has 0 aromatic carbocycles. The predicted octanol–water partition coefficient (Wildman–Crippen LogP) is 13.9. The summed E-state index contributed by atoms with van der Waals surface area (Å²) in [6.07, 6.45) is 38.7. The highest BCUT2D eigenvalue weighted by Crippen LogP contribution is 2.67. The lowest BCUT2D eigenvalue weighted by Crippen LogP contribution is -2.50. The average Bonchev–Trinajstić information content (AvgIpc) is 3.42. The smallest absolute Gasteiger partial charge is 0.306 e. The number of hydrogen-bond donors (Lipinski definition) is 0. The second kappa shape index (κ2) is 19.2. The summed E-state index contributed by atoms with van der Waals surface area (Å²) in [7, 11) is 0. The fourth-order valence-electron chi connectivity index (χ4n) is 10.8. The van der Waals surface area contributed by atoms with Crippen molar-refractivity contribution in [1.29, 1.82) is 0 Å². The molecular weight excluding hydrogens is 585 g/mol. The number of esters is 1. The molecule has 3 saturated carbocycles. The van der Waals surface area contributed by atoms with Gasteiger partial charge in [0.15, 0.2) is 0 Å². The predicted molar refractivity (Wildman–Crippen MR) is 207 cm³/mol. The highest BCUT2D eigenvalue weighted by molar-refractivity contribution is 5.69. The van der Waals surface area contributed by atoms with Crippen LogP contribution in [-0.4, -0.2) is 12.1 Å². The second-order valence-electron chi connectivity index (χ2n) is 17.7. The van der Waals surface area contributed by atoms with E-state index in [-0.39, 0.29) is 12.1 Å². The van der Waals surface area contributed by atoms with Crippen LogP contribution in [0.3, 0.4) is 0 Å². The van der Waals surface area contributed by atoms with E-state index >= 15 is 0 Å². The van der Waals surface area contributed by atoms with Crippen molar-refractivity contribution in [1.82, 2.24) is 0 Å². The molecule has 8 atom stereocenters. The lowest BCUT2D eigenvalue weighted by atomic mass is 9.47. The maximum absolute atomic E-state index is 12.8. The van der Waals surface area contributed by atoms with Crippen molar-refractivity contribution in [3.63, 3.8) is 0 Å². The second-order valence-corrected chi connectivity index (χ2v) is 17.7. The monoisotopic (exact) mass is 661 g/mol. The molecule has 3 fully saturated rings. The lowest BCUT2D eigenvalue weighted by molar-refractivity contribution is -0.155. The van der Waals surface area contributed by atoms with Crippen LogP contribution in [0.5, 0.6) is 0 Å². The molecule has 0 spiro atoms. The van der Waals surface area contributed by atoms with Gasteiger partial charge in [-0.05, 0) is 149 Å². The minimum absolute atomic E-state index is 0.0536. The molecule has 4 rings (SSSR count). The molecule has 2 nitrogen and oxygen atoms in total. The summed E-state index contributed by atoms with van der Waals surface area (Å²) in [5.41, 5.74) is 4.13. The van der Waals surface area contributed by atoms with Crippen molar-refractivity contribution in [3.8, 4) is 0 Å². The van der Waals surface area contributed by atoms with E-state index in [1.165, 1.54) is 108 Å². The van der Waals surface area contributed by atoms with Crippen LogP contribution in [0.25, 0.3) is 0 Å². The van der Waals surface area contributed by atoms with Crippen molar-refractivity contribution >= 4 is 5.97 Å². The Hall–Kier alpha value is -1.57. The van der Waals surface area contributed by atoms with Crippen LogP contribution in [0, 0.1) is 46.3 Å². The molecule has 0 aromatic rings. The summed E-state index contributed by atoms with van der Waals surface area (Å²) in [6.45, 7) is 19.0. The Balaban J connectivity index is 1.14. The number of fused-ring (bicyclic) bond motifs is 5. The van der Waals surface area contributed by atoms with Crippen LogP contribution in [0.4, 0.5) is 0 Å². The van der Waals surface area contributed by atoms with Gasteiger partial charge >= 0.3 is 5.97 Å². The number of allylic oxidation sites excluding steroid dienone is 7. The molecule has 2 heteroatoms. The summed E-state index contributed by atoms with van der Waals surface area (Å²) in [4.78, 5) is 12.8. The Labute approximate surface area is 298 Å². The van der Waals surface area contributed by atoms with Gasteiger partial charge in [0.2, 0.25) is 0 Å². The number of unbranched alkanes of at least 4 members (excludes halogenated alkanes) is 8. The molecular formula is C46H76O2. The van der Waals surface area contributed by atoms with Gasteiger partial charge in [-0.1, -0.05) is 122 Å². The molecule has 48 heavy (non-hydrogen) atoms. The number of carbonyl (C=O) groups excluding carboxylic acids is 1. The van der Waals surface area contributed by atoms with Gasteiger partial charge in [-0.15, -0.1) is 0 Å².